The van der Waals surface area contributed by atoms with Crippen molar-refractivity contribution in [2.75, 3.05) is 11.1 Å². The predicted octanol–water partition coefficient (Wildman–Crippen LogP) is 3.61. The molecule has 0 unspecified atom stereocenters. The highest BCUT2D eigenvalue weighted by atomic mass is 32.2. The van der Waals surface area contributed by atoms with Gasteiger partial charge in [0, 0.05) is 23.9 Å². The van der Waals surface area contributed by atoms with Gasteiger partial charge in [-0.15, -0.1) is 0 Å². The summed E-state index contributed by atoms with van der Waals surface area (Å²) >= 11 is 2.84. The summed E-state index contributed by atoms with van der Waals surface area (Å²) in [5.41, 5.74) is 5.57. The van der Waals surface area contributed by atoms with Gasteiger partial charge in [0.05, 0.1) is 27.4 Å². The zero-order chi connectivity index (χ0) is 19.6. The number of nitriles is 1. The molecule has 0 aliphatic heterocycles. The lowest BCUT2D eigenvalue weighted by atomic mass is 10.1. The minimum atomic E-state index is -0.0869. The summed E-state index contributed by atoms with van der Waals surface area (Å²) in [6.45, 7) is 7.79. The molecule has 140 valence electrons. The van der Waals surface area contributed by atoms with Crippen LogP contribution in [0.3, 0.4) is 0 Å². The Labute approximate surface area is 165 Å². The summed E-state index contributed by atoms with van der Waals surface area (Å²) in [7, 11) is 0. The van der Waals surface area contributed by atoms with Gasteiger partial charge in [-0.2, -0.15) is 10.4 Å². The van der Waals surface area contributed by atoms with Gasteiger partial charge in [-0.3, -0.25) is 4.79 Å². The van der Waals surface area contributed by atoms with Crippen molar-refractivity contribution >= 4 is 39.8 Å². The average molecular weight is 401 g/mol. The number of aromatic nitrogens is 4. The Morgan fingerprint density at radius 3 is 2.81 bits per heavy atom. The smallest absolute Gasteiger partial charge is 0.226 e. The molecule has 1 N–H and O–H groups in total. The molecule has 1 amide bonds. The minimum absolute atomic E-state index is 0.0869. The van der Waals surface area contributed by atoms with Gasteiger partial charge in [-0.05, 0) is 39.7 Å². The normalized spacial score (nSPS) is 10.9. The third kappa shape index (κ3) is 4.28. The van der Waals surface area contributed by atoms with Crippen molar-refractivity contribution < 1.29 is 4.79 Å². The summed E-state index contributed by atoms with van der Waals surface area (Å²) in [6, 6.07) is 4.05. The fourth-order valence-electron chi connectivity index (χ4n) is 2.89. The average Bonchev–Trinajstić information content (AvgIpc) is 3.14. The van der Waals surface area contributed by atoms with E-state index < -0.39 is 0 Å². The van der Waals surface area contributed by atoms with Crippen molar-refractivity contribution in [1.29, 1.82) is 5.26 Å². The maximum atomic E-state index is 12.4. The molecule has 0 aliphatic carbocycles. The van der Waals surface area contributed by atoms with Crippen molar-refractivity contribution in [3.05, 3.63) is 34.4 Å². The quantitative estimate of drug-likeness (QED) is 0.635. The topological polar surface area (TPSA) is 96.0 Å². The summed E-state index contributed by atoms with van der Waals surface area (Å²) < 4.78 is 2.79. The van der Waals surface area contributed by atoms with Crippen molar-refractivity contribution in [1.82, 2.24) is 19.6 Å². The first-order valence-corrected chi connectivity index (χ1v) is 10.3. The van der Waals surface area contributed by atoms with Crippen LogP contribution >= 0.6 is 23.1 Å². The van der Waals surface area contributed by atoms with Gasteiger partial charge >= 0.3 is 0 Å². The molecule has 0 aromatic carbocycles. The molecule has 3 heterocycles. The van der Waals surface area contributed by atoms with Crippen LogP contribution in [0, 0.1) is 39.0 Å². The number of carbonyl (C=O) groups excluding carboxylic acids is 1. The Bertz CT molecular complexity index is 1050. The Kier molecular flexibility index (Phi) is 5.77. The molecule has 0 saturated heterocycles. The second-order valence-corrected chi connectivity index (χ2v) is 8.45. The molecule has 0 aliphatic rings. The molecule has 0 fully saturated rings. The molecule has 3 aromatic heterocycles. The number of nitrogens with one attached hydrogen (secondary N) is 1. The van der Waals surface area contributed by atoms with Crippen LogP contribution in [0.1, 0.15) is 34.8 Å². The van der Waals surface area contributed by atoms with Gasteiger partial charge in [-0.25, -0.2) is 14.5 Å². The van der Waals surface area contributed by atoms with Crippen molar-refractivity contribution in [3.8, 4) is 6.07 Å². The highest BCUT2D eigenvalue weighted by molar-refractivity contribution is 8.01. The van der Waals surface area contributed by atoms with E-state index in [0.29, 0.717) is 23.7 Å². The number of amides is 1. The molecule has 0 saturated carbocycles. The van der Waals surface area contributed by atoms with Crippen LogP contribution in [-0.4, -0.2) is 31.2 Å². The van der Waals surface area contributed by atoms with E-state index in [-0.39, 0.29) is 5.91 Å². The molecule has 0 bridgehead atoms. The van der Waals surface area contributed by atoms with Gasteiger partial charge in [0.15, 0.2) is 10.8 Å². The number of hydrogen-bond donors (Lipinski definition) is 1. The SMILES string of the molecule is Cc1cc2nc(C)c(CCC(=O)Nc3nc(C)c(SCC#N)s3)c(C)n2n1. The summed E-state index contributed by atoms with van der Waals surface area (Å²) in [6.07, 6.45) is 0.931. The van der Waals surface area contributed by atoms with Crippen LogP contribution in [-0.2, 0) is 11.2 Å². The molecular formula is C18H20N6OS2. The molecular weight excluding hydrogens is 380 g/mol. The van der Waals surface area contributed by atoms with E-state index in [9.17, 15) is 4.79 Å². The van der Waals surface area contributed by atoms with Crippen molar-refractivity contribution in [2.24, 2.45) is 0 Å². The number of nitrogens with zero attached hydrogens (tertiary/aromatic N) is 5. The highest BCUT2D eigenvalue weighted by Gasteiger charge is 2.14. The van der Waals surface area contributed by atoms with Crippen molar-refractivity contribution in [3.63, 3.8) is 0 Å². The number of hydrogen-bond acceptors (Lipinski definition) is 7. The number of thiazole rings is 1. The first kappa shape index (κ1) is 19.3. The number of anilines is 1. The zero-order valence-electron chi connectivity index (χ0n) is 15.7. The number of aryl methyl sites for hydroxylation is 4. The van der Waals surface area contributed by atoms with Gasteiger partial charge in [0.25, 0.3) is 0 Å². The van der Waals surface area contributed by atoms with Crippen LogP contribution in [0.25, 0.3) is 5.65 Å². The molecule has 3 aromatic rings. The summed E-state index contributed by atoms with van der Waals surface area (Å²) in [5.74, 6) is 0.285. The maximum Gasteiger partial charge on any atom is 0.226 e. The van der Waals surface area contributed by atoms with E-state index in [1.54, 1.807) is 0 Å². The van der Waals surface area contributed by atoms with Crippen LogP contribution in [0.4, 0.5) is 5.13 Å². The third-order valence-corrected chi connectivity index (χ3v) is 6.46. The number of fused-ring (bicyclic) bond motifs is 1. The van der Waals surface area contributed by atoms with E-state index >= 15 is 0 Å². The summed E-state index contributed by atoms with van der Waals surface area (Å²) in [4.78, 5) is 21.3. The first-order chi connectivity index (χ1) is 12.9. The van der Waals surface area contributed by atoms with Crippen LogP contribution in [0.5, 0.6) is 0 Å². The Morgan fingerprint density at radius 2 is 2.07 bits per heavy atom. The number of thioether (sulfide) groups is 1. The Hall–Kier alpha value is -2.44. The maximum absolute atomic E-state index is 12.4. The van der Waals surface area contributed by atoms with Crippen LogP contribution < -0.4 is 5.32 Å². The van der Waals surface area contributed by atoms with E-state index in [1.807, 2.05) is 38.3 Å². The lowest BCUT2D eigenvalue weighted by Crippen LogP contribution is -2.14. The minimum Gasteiger partial charge on any atom is -0.302 e. The van der Waals surface area contributed by atoms with E-state index in [1.165, 1.54) is 23.1 Å². The molecule has 0 spiro atoms. The van der Waals surface area contributed by atoms with E-state index in [0.717, 1.165) is 38.2 Å². The number of rotatable bonds is 6. The van der Waals surface area contributed by atoms with E-state index in [4.69, 9.17) is 5.26 Å². The third-order valence-electron chi connectivity index (χ3n) is 4.16. The molecule has 9 heteroatoms. The first-order valence-electron chi connectivity index (χ1n) is 8.48. The van der Waals surface area contributed by atoms with Crippen LogP contribution in [0.15, 0.2) is 10.3 Å². The van der Waals surface area contributed by atoms with E-state index in [2.05, 4.69) is 26.5 Å². The molecule has 3 rings (SSSR count). The second-order valence-electron chi connectivity index (χ2n) is 6.20. The fourth-order valence-corrected chi connectivity index (χ4v) is 4.71. The van der Waals surface area contributed by atoms with Crippen molar-refractivity contribution in [2.45, 2.75) is 44.7 Å². The monoisotopic (exact) mass is 400 g/mol. The summed E-state index contributed by atoms with van der Waals surface area (Å²) in [5, 5.41) is 16.6. The second kappa shape index (κ2) is 8.06. The molecule has 0 atom stereocenters. The largest absolute Gasteiger partial charge is 0.302 e. The zero-order valence-corrected chi connectivity index (χ0v) is 17.3. The van der Waals surface area contributed by atoms with Gasteiger partial charge < -0.3 is 5.32 Å². The standard InChI is InChI=1S/C18H20N6OS2/c1-10-9-15-20-11(2)14(13(4)24(15)23-10)5-6-16(25)22-18-21-12(3)17(27-18)26-8-7-19/h9H,5-6,8H2,1-4H3,(H,21,22,25). The van der Waals surface area contributed by atoms with Gasteiger partial charge in [-0.1, -0.05) is 23.1 Å². The Balaban J connectivity index is 1.68. The lowest BCUT2D eigenvalue weighted by molar-refractivity contribution is -0.116. The molecule has 27 heavy (non-hydrogen) atoms. The predicted molar refractivity (Wildman–Crippen MR) is 107 cm³/mol. The van der Waals surface area contributed by atoms with Gasteiger partial charge in [0.1, 0.15) is 0 Å². The highest BCUT2D eigenvalue weighted by Crippen LogP contribution is 2.31. The fraction of sp³-hybridized carbons (Fsp3) is 0.389. The van der Waals surface area contributed by atoms with Gasteiger partial charge in [0.2, 0.25) is 5.91 Å². The molecule has 7 nitrogen and oxygen atoms in total. The number of carbonyl (C=O) groups is 1. The molecule has 0 radical (unpaired) electrons. The van der Waals surface area contributed by atoms with Crippen LogP contribution in [0.2, 0.25) is 0 Å². The Morgan fingerprint density at radius 1 is 1.30 bits per heavy atom. The lowest BCUT2D eigenvalue weighted by Gasteiger charge is -2.10.